The molecule has 4 rings (SSSR count). The first-order valence-electron chi connectivity index (χ1n) is 9.27. The number of aryl methyl sites for hydroxylation is 2. The van der Waals surface area contributed by atoms with Crippen molar-refractivity contribution < 1.29 is 4.74 Å². The normalized spacial score (nSPS) is 14.4. The molecule has 1 aliphatic rings. The minimum Gasteiger partial charge on any atom is -0.378 e. The fourth-order valence-corrected chi connectivity index (χ4v) is 3.57. The second-order valence-electron chi connectivity index (χ2n) is 6.92. The first-order valence-corrected chi connectivity index (χ1v) is 9.27. The van der Waals surface area contributed by atoms with Gasteiger partial charge in [0.05, 0.1) is 18.9 Å². The summed E-state index contributed by atoms with van der Waals surface area (Å²) in [5, 5.41) is 3.32. The molecule has 0 aliphatic carbocycles. The summed E-state index contributed by atoms with van der Waals surface area (Å²) in [5.74, 6) is 0.606. The molecular weight excluding hydrogens is 338 g/mol. The number of aromatic nitrogens is 3. The van der Waals surface area contributed by atoms with Gasteiger partial charge in [0.1, 0.15) is 0 Å². The summed E-state index contributed by atoms with van der Waals surface area (Å²) < 4.78 is 7.55. The Hall–Kier alpha value is -2.86. The number of benzene rings is 1. The Balaban J connectivity index is 1.53. The van der Waals surface area contributed by atoms with Gasteiger partial charge < -0.3 is 19.5 Å². The van der Waals surface area contributed by atoms with Crippen LogP contribution in [0.25, 0.3) is 11.3 Å². The van der Waals surface area contributed by atoms with E-state index in [1.165, 1.54) is 22.5 Å². The van der Waals surface area contributed by atoms with E-state index >= 15 is 0 Å². The highest BCUT2D eigenvalue weighted by molar-refractivity contribution is 5.68. The van der Waals surface area contributed by atoms with Crippen LogP contribution in [-0.4, -0.2) is 40.8 Å². The van der Waals surface area contributed by atoms with Crippen LogP contribution < -0.4 is 10.2 Å². The molecule has 1 aromatic carbocycles. The Bertz CT molecular complexity index is 926. The van der Waals surface area contributed by atoms with Gasteiger partial charge in [-0.1, -0.05) is 0 Å². The maximum atomic E-state index is 5.42. The van der Waals surface area contributed by atoms with Crippen molar-refractivity contribution in [2.75, 3.05) is 36.5 Å². The van der Waals surface area contributed by atoms with E-state index in [0.29, 0.717) is 5.95 Å². The lowest BCUT2D eigenvalue weighted by atomic mass is 10.1. The van der Waals surface area contributed by atoms with Gasteiger partial charge in [-0.3, -0.25) is 0 Å². The summed E-state index contributed by atoms with van der Waals surface area (Å²) in [5.41, 5.74) is 6.72. The predicted octanol–water partition coefficient (Wildman–Crippen LogP) is 3.68. The zero-order valence-electron chi connectivity index (χ0n) is 16.1. The van der Waals surface area contributed by atoms with Crippen molar-refractivity contribution in [3.05, 3.63) is 54.0 Å². The highest BCUT2D eigenvalue weighted by Gasteiger charge is 2.13. The van der Waals surface area contributed by atoms with E-state index < -0.39 is 0 Å². The molecule has 1 aliphatic heterocycles. The maximum Gasteiger partial charge on any atom is 0.227 e. The lowest BCUT2D eigenvalue weighted by Gasteiger charge is -2.28. The third kappa shape index (κ3) is 3.66. The van der Waals surface area contributed by atoms with E-state index in [4.69, 9.17) is 9.72 Å². The number of hydrogen-bond donors (Lipinski definition) is 1. The lowest BCUT2D eigenvalue weighted by Crippen LogP contribution is -2.36. The van der Waals surface area contributed by atoms with Gasteiger partial charge >= 0.3 is 0 Å². The van der Waals surface area contributed by atoms with Crippen molar-refractivity contribution in [2.45, 2.75) is 13.8 Å². The van der Waals surface area contributed by atoms with Crippen LogP contribution in [0.15, 0.2) is 42.7 Å². The van der Waals surface area contributed by atoms with Gasteiger partial charge in [-0.05, 0) is 49.7 Å². The largest absolute Gasteiger partial charge is 0.378 e. The fraction of sp³-hybridized carbons (Fsp3) is 0.333. The van der Waals surface area contributed by atoms with E-state index in [1.807, 2.05) is 6.07 Å². The molecule has 1 fully saturated rings. The van der Waals surface area contributed by atoms with Gasteiger partial charge in [0.15, 0.2) is 0 Å². The lowest BCUT2D eigenvalue weighted by molar-refractivity contribution is 0.122. The average molecular weight is 363 g/mol. The second kappa shape index (κ2) is 7.40. The number of ether oxygens (including phenoxy) is 1. The van der Waals surface area contributed by atoms with Gasteiger partial charge in [0, 0.05) is 55.2 Å². The minimum absolute atomic E-state index is 0.606. The van der Waals surface area contributed by atoms with E-state index in [1.54, 1.807) is 6.20 Å². The van der Waals surface area contributed by atoms with Gasteiger partial charge in [0.25, 0.3) is 0 Å². The SMILES string of the molecule is Cc1cn(C)c(C)c1-c1ccnc(Nc2ccc(N3CCOCC3)cc2)n1. The third-order valence-electron chi connectivity index (χ3n) is 5.08. The number of rotatable bonds is 4. The molecule has 0 spiro atoms. The fourth-order valence-electron chi connectivity index (χ4n) is 3.57. The van der Waals surface area contributed by atoms with E-state index in [-0.39, 0.29) is 0 Å². The molecule has 1 saturated heterocycles. The van der Waals surface area contributed by atoms with Crippen LogP contribution in [0.2, 0.25) is 0 Å². The zero-order chi connectivity index (χ0) is 18.8. The highest BCUT2D eigenvalue weighted by atomic mass is 16.5. The first-order chi connectivity index (χ1) is 13.1. The van der Waals surface area contributed by atoms with Crippen LogP contribution in [0.4, 0.5) is 17.3 Å². The molecule has 6 heteroatoms. The van der Waals surface area contributed by atoms with E-state index in [9.17, 15) is 0 Å². The smallest absolute Gasteiger partial charge is 0.227 e. The average Bonchev–Trinajstić information content (AvgIpc) is 2.95. The van der Waals surface area contributed by atoms with Crippen LogP contribution in [0.5, 0.6) is 0 Å². The molecule has 1 N–H and O–H groups in total. The highest BCUT2D eigenvalue weighted by Crippen LogP contribution is 2.27. The predicted molar refractivity (Wildman–Crippen MR) is 109 cm³/mol. The topological polar surface area (TPSA) is 55.2 Å². The minimum atomic E-state index is 0.606. The molecule has 27 heavy (non-hydrogen) atoms. The molecule has 3 heterocycles. The van der Waals surface area contributed by atoms with Gasteiger partial charge in [-0.15, -0.1) is 0 Å². The van der Waals surface area contributed by atoms with Crippen molar-refractivity contribution in [3.63, 3.8) is 0 Å². The molecule has 0 amide bonds. The number of nitrogens with one attached hydrogen (secondary N) is 1. The van der Waals surface area contributed by atoms with Crippen LogP contribution >= 0.6 is 0 Å². The Kier molecular flexibility index (Phi) is 4.81. The van der Waals surface area contributed by atoms with Crippen LogP contribution in [0, 0.1) is 13.8 Å². The molecule has 2 aromatic heterocycles. The van der Waals surface area contributed by atoms with Gasteiger partial charge in [0.2, 0.25) is 5.95 Å². The molecule has 0 saturated carbocycles. The number of anilines is 3. The second-order valence-corrected chi connectivity index (χ2v) is 6.92. The van der Waals surface area contributed by atoms with Crippen molar-refractivity contribution in [1.82, 2.24) is 14.5 Å². The molecule has 140 valence electrons. The maximum absolute atomic E-state index is 5.42. The molecule has 6 nitrogen and oxygen atoms in total. The van der Waals surface area contributed by atoms with Crippen molar-refractivity contribution >= 4 is 17.3 Å². The van der Waals surface area contributed by atoms with Crippen molar-refractivity contribution in [2.24, 2.45) is 7.05 Å². The third-order valence-corrected chi connectivity index (χ3v) is 5.08. The molecular formula is C21H25N5O. The molecule has 0 atom stereocenters. The summed E-state index contributed by atoms with van der Waals surface area (Å²) in [7, 11) is 2.06. The van der Waals surface area contributed by atoms with E-state index in [2.05, 4.69) is 71.1 Å². The quantitative estimate of drug-likeness (QED) is 0.766. The Morgan fingerprint density at radius 2 is 1.78 bits per heavy atom. The van der Waals surface area contributed by atoms with Gasteiger partial charge in [-0.25, -0.2) is 9.97 Å². The standard InChI is InChI=1S/C21H25N5O/c1-15-14-25(3)16(2)20(15)19-8-9-22-21(24-19)23-17-4-6-18(7-5-17)26-10-12-27-13-11-26/h4-9,14H,10-13H2,1-3H3,(H,22,23,24). The molecule has 0 unspecified atom stereocenters. The van der Waals surface area contributed by atoms with Crippen molar-refractivity contribution in [3.8, 4) is 11.3 Å². The van der Waals surface area contributed by atoms with Crippen molar-refractivity contribution in [1.29, 1.82) is 0 Å². The Morgan fingerprint density at radius 3 is 2.44 bits per heavy atom. The van der Waals surface area contributed by atoms with Crippen LogP contribution in [-0.2, 0) is 11.8 Å². The number of morpholine rings is 1. The summed E-state index contributed by atoms with van der Waals surface area (Å²) in [6.45, 7) is 7.68. The van der Waals surface area contributed by atoms with Gasteiger partial charge in [-0.2, -0.15) is 0 Å². The number of hydrogen-bond acceptors (Lipinski definition) is 5. The Morgan fingerprint density at radius 1 is 1.04 bits per heavy atom. The summed E-state index contributed by atoms with van der Waals surface area (Å²) >= 11 is 0. The molecule has 0 radical (unpaired) electrons. The number of nitrogens with zero attached hydrogens (tertiary/aromatic N) is 4. The zero-order valence-corrected chi connectivity index (χ0v) is 16.1. The molecule has 3 aromatic rings. The van der Waals surface area contributed by atoms with E-state index in [0.717, 1.165) is 37.7 Å². The summed E-state index contributed by atoms with van der Waals surface area (Å²) in [4.78, 5) is 11.4. The van der Waals surface area contributed by atoms with Crippen LogP contribution in [0.3, 0.4) is 0 Å². The first kappa shape index (κ1) is 17.5. The molecule has 0 bridgehead atoms. The van der Waals surface area contributed by atoms with Crippen LogP contribution in [0.1, 0.15) is 11.3 Å². The Labute approximate surface area is 159 Å². The summed E-state index contributed by atoms with van der Waals surface area (Å²) in [6.07, 6.45) is 3.93. The monoisotopic (exact) mass is 363 g/mol. The summed E-state index contributed by atoms with van der Waals surface area (Å²) in [6, 6.07) is 10.4.